The molecule has 1 heterocycles. The third-order valence-corrected chi connectivity index (χ3v) is 6.04. The van der Waals surface area contributed by atoms with E-state index in [2.05, 4.69) is 5.32 Å². The Bertz CT molecular complexity index is 1440. The van der Waals surface area contributed by atoms with E-state index in [1.54, 1.807) is 100 Å². The quantitative estimate of drug-likeness (QED) is 0.320. The van der Waals surface area contributed by atoms with Crippen LogP contribution in [-0.4, -0.2) is 45.7 Å². The second-order valence-electron chi connectivity index (χ2n) is 8.49. The second-order valence-corrected chi connectivity index (χ2v) is 8.49. The number of nitrogens with zero attached hydrogens (tertiary/aromatic N) is 1. The molecular formula is C30H28N2O7. The average Bonchev–Trinajstić information content (AvgIpc) is 3.21. The van der Waals surface area contributed by atoms with Crippen molar-refractivity contribution in [2.45, 2.75) is 6.92 Å². The number of methoxy groups -OCH3 is 3. The minimum Gasteiger partial charge on any atom is -0.497 e. The van der Waals surface area contributed by atoms with Crippen LogP contribution in [-0.2, 0) is 19.1 Å². The highest BCUT2D eigenvalue weighted by atomic mass is 16.5. The SMILES string of the molecule is COC(=O)C1=C(C)N(c2cccc(OC)c2)C(=O)/C1=C\c1ccc(OCC(=O)Nc2ccc(OC)cc2)cc1. The number of hydrogen-bond donors (Lipinski definition) is 1. The molecule has 1 aliphatic heterocycles. The Kier molecular flexibility index (Phi) is 8.30. The summed E-state index contributed by atoms with van der Waals surface area (Å²) >= 11 is 0. The molecule has 0 unspecified atom stereocenters. The second kappa shape index (κ2) is 12.0. The molecule has 1 aliphatic rings. The third-order valence-electron chi connectivity index (χ3n) is 6.04. The van der Waals surface area contributed by atoms with Gasteiger partial charge in [-0.25, -0.2) is 4.79 Å². The molecule has 9 nitrogen and oxygen atoms in total. The lowest BCUT2D eigenvalue weighted by molar-refractivity contribution is -0.136. The normalized spacial score (nSPS) is 13.9. The molecule has 0 aliphatic carbocycles. The molecule has 0 fully saturated rings. The molecule has 0 bridgehead atoms. The van der Waals surface area contributed by atoms with Crippen molar-refractivity contribution < 1.29 is 33.3 Å². The van der Waals surface area contributed by atoms with Gasteiger partial charge in [-0.2, -0.15) is 0 Å². The lowest BCUT2D eigenvalue weighted by Gasteiger charge is -2.18. The largest absolute Gasteiger partial charge is 0.497 e. The number of esters is 1. The average molecular weight is 529 g/mol. The number of anilines is 2. The van der Waals surface area contributed by atoms with Crippen molar-refractivity contribution >= 4 is 35.2 Å². The van der Waals surface area contributed by atoms with Gasteiger partial charge in [0.15, 0.2) is 6.61 Å². The van der Waals surface area contributed by atoms with E-state index in [9.17, 15) is 14.4 Å². The fourth-order valence-corrected chi connectivity index (χ4v) is 4.09. The van der Waals surface area contributed by atoms with Gasteiger partial charge in [-0.05, 0) is 67.1 Å². The fraction of sp³-hybridized carbons (Fsp3) is 0.167. The molecule has 1 N–H and O–H groups in total. The van der Waals surface area contributed by atoms with Gasteiger partial charge in [0.2, 0.25) is 0 Å². The number of carbonyl (C=O) groups is 3. The summed E-state index contributed by atoms with van der Waals surface area (Å²) in [6.45, 7) is 1.51. The first kappa shape index (κ1) is 27.0. The Labute approximate surface area is 226 Å². The molecule has 2 amide bonds. The highest BCUT2D eigenvalue weighted by Gasteiger charge is 2.38. The fourth-order valence-electron chi connectivity index (χ4n) is 4.09. The third kappa shape index (κ3) is 6.10. The van der Waals surface area contributed by atoms with Gasteiger partial charge in [0.05, 0.1) is 38.2 Å². The number of nitrogens with one attached hydrogen (secondary N) is 1. The maximum atomic E-state index is 13.5. The summed E-state index contributed by atoms with van der Waals surface area (Å²) in [5, 5.41) is 2.75. The molecule has 0 aromatic heterocycles. The summed E-state index contributed by atoms with van der Waals surface area (Å²) in [5.74, 6) is 0.452. The Morgan fingerprint density at radius 3 is 2.18 bits per heavy atom. The van der Waals surface area contributed by atoms with Crippen LogP contribution in [0.1, 0.15) is 12.5 Å². The number of hydrogen-bond acceptors (Lipinski definition) is 7. The van der Waals surface area contributed by atoms with Gasteiger partial charge >= 0.3 is 5.97 Å². The molecule has 9 heteroatoms. The number of ether oxygens (including phenoxy) is 4. The van der Waals surface area contributed by atoms with E-state index < -0.39 is 5.97 Å². The molecule has 0 saturated carbocycles. The topological polar surface area (TPSA) is 103 Å². The van der Waals surface area contributed by atoms with Crippen molar-refractivity contribution in [3.05, 3.63) is 95.2 Å². The highest BCUT2D eigenvalue weighted by Crippen LogP contribution is 2.36. The molecule has 0 radical (unpaired) electrons. The van der Waals surface area contributed by atoms with E-state index in [0.717, 1.165) is 0 Å². The zero-order valence-corrected chi connectivity index (χ0v) is 22.0. The van der Waals surface area contributed by atoms with Gasteiger partial charge in [-0.15, -0.1) is 0 Å². The minimum absolute atomic E-state index is 0.181. The zero-order chi connectivity index (χ0) is 27.9. The molecular weight excluding hydrogens is 500 g/mol. The Balaban J connectivity index is 1.49. The van der Waals surface area contributed by atoms with Gasteiger partial charge in [0.25, 0.3) is 11.8 Å². The van der Waals surface area contributed by atoms with Gasteiger partial charge in [-0.1, -0.05) is 18.2 Å². The molecule has 3 aromatic carbocycles. The maximum absolute atomic E-state index is 13.5. The van der Waals surface area contributed by atoms with Crippen LogP contribution in [0.4, 0.5) is 11.4 Å². The molecule has 0 atom stereocenters. The lowest BCUT2D eigenvalue weighted by atomic mass is 10.0. The zero-order valence-electron chi connectivity index (χ0n) is 22.0. The van der Waals surface area contributed by atoms with Crippen LogP contribution in [0.5, 0.6) is 17.2 Å². The Morgan fingerprint density at radius 1 is 0.872 bits per heavy atom. The first-order valence-corrected chi connectivity index (χ1v) is 12.0. The first-order chi connectivity index (χ1) is 18.8. The molecule has 0 saturated heterocycles. The van der Waals surface area contributed by atoms with Gasteiger partial charge in [0, 0.05) is 17.5 Å². The Hall–Kier alpha value is -5.05. The van der Waals surface area contributed by atoms with Gasteiger partial charge < -0.3 is 24.3 Å². The van der Waals surface area contributed by atoms with Crippen LogP contribution in [0.3, 0.4) is 0 Å². The summed E-state index contributed by atoms with van der Waals surface area (Å²) in [6.07, 6.45) is 1.62. The monoisotopic (exact) mass is 528 g/mol. The first-order valence-electron chi connectivity index (χ1n) is 12.0. The van der Waals surface area contributed by atoms with Crippen molar-refractivity contribution in [3.8, 4) is 17.2 Å². The summed E-state index contributed by atoms with van der Waals surface area (Å²) in [4.78, 5) is 39.8. The van der Waals surface area contributed by atoms with Crippen molar-refractivity contribution in [3.63, 3.8) is 0 Å². The van der Waals surface area contributed by atoms with Crippen molar-refractivity contribution in [1.82, 2.24) is 0 Å². The molecule has 4 rings (SSSR count). The van der Waals surface area contributed by atoms with Crippen LogP contribution in [0.25, 0.3) is 6.08 Å². The summed E-state index contributed by atoms with van der Waals surface area (Å²) in [6, 6.07) is 20.8. The summed E-state index contributed by atoms with van der Waals surface area (Å²) < 4.78 is 21.0. The van der Waals surface area contributed by atoms with Crippen LogP contribution in [0.2, 0.25) is 0 Å². The molecule has 39 heavy (non-hydrogen) atoms. The molecule has 3 aromatic rings. The van der Waals surface area contributed by atoms with Gasteiger partial charge in [-0.3, -0.25) is 14.5 Å². The van der Waals surface area contributed by atoms with Crippen LogP contribution < -0.4 is 24.4 Å². The number of amides is 2. The highest BCUT2D eigenvalue weighted by molar-refractivity contribution is 6.23. The van der Waals surface area contributed by atoms with E-state index in [-0.39, 0.29) is 29.6 Å². The summed E-state index contributed by atoms with van der Waals surface area (Å²) in [5.41, 5.74) is 2.69. The van der Waals surface area contributed by atoms with E-state index >= 15 is 0 Å². The number of rotatable bonds is 9. The van der Waals surface area contributed by atoms with E-state index in [4.69, 9.17) is 18.9 Å². The number of carbonyl (C=O) groups excluding carboxylic acids is 3. The predicted molar refractivity (Wildman–Crippen MR) is 147 cm³/mol. The van der Waals surface area contributed by atoms with Crippen LogP contribution in [0.15, 0.2) is 89.6 Å². The van der Waals surface area contributed by atoms with E-state index in [1.165, 1.54) is 12.0 Å². The van der Waals surface area contributed by atoms with E-state index in [1.807, 2.05) is 0 Å². The Morgan fingerprint density at radius 2 is 1.54 bits per heavy atom. The van der Waals surface area contributed by atoms with Crippen molar-refractivity contribution in [2.24, 2.45) is 0 Å². The number of allylic oxidation sites excluding steroid dienone is 1. The summed E-state index contributed by atoms with van der Waals surface area (Å²) in [7, 11) is 4.39. The molecule has 200 valence electrons. The van der Waals surface area contributed by atoms with Crippen molar-refractivity contribution in [1.29, 1.82) is 0 Å². The minimum atomic E-state index is -0.611. The smallest absolute Gasteiger partial charge is 0.340 e. The molecule has 0 spiro atoms. The predicted octanol–water partition coefficient (Wildman–Crippen LogP) is 4.60. The standard InChI is InChI=1S/C30H28N2O7/c1-19-28(30(35)38-4)26(29(34)32(19)22-6-5-7-25(17-22)37-3)16-20-8-12-24(13-9-20)39-18-27(33)31-21-10-14-23(36-2)15-11-21/h5-17H,18H2,1-4H3,(H,31,33)/b26-16-. The maximum Gasteiger partial charge on any atom is 0.340 e. The lowest BCUT2D eigenvalue weighted by Crippen LogP contribution is -2.24. The van der Waals surface area contributed by atoms with Gasteiger partial charge in [0.1, 0.15) is 17.2 Å². The van der Waals surface area contributed by atoms with Crippen LogP contribution >= 0.6 is 0 Å². The van der Waals surface area contributed by atoms with E-state index in [0.29, 0.717) is 39.9 Å². The van der Waals surface area contributed by atoms with Crippen LogP contribution in [0, 0.1) is 0 Å². The van der Waals surface area contributed by atoms with Crippen molar-refractivity contribution in [2.75, 3.05) is 38.2 Å². The number of benzene rings is 3.